The third-order valence-electron chi connectivity index (χ3n) is 6.43. The van der Waals surface area contributed by atoms with Crippen LogP contribution in [-0.4, -0.2) is 40.3 Å². The molecular formula is C21H27N5O4S. The maximum absolute atomic E-state index is 13.1. The van der Waals surface area contributed by atoms with Crippen molar-refractivity contribution in [3.8, 4) is 5.88 Å². The van der Waals surface area contributed by atoms with E-state index in [0.717, 1.165) is 48.9 Å². The Morgan fingerprint density at radius 2 is 2.26 bits per heavy atom. The molecule has 1 aliphatic heterocycles. The van der Waals surface area contributed by atoms with Gasteiger partial charge in [-0.1, -0.05) is 6.07 Å². The number of nitrogens with one attached hydrogen (secondary N) is 1. The highest BCUT2D eigenvalue weighted by Gasteiger charge is 2.32. The van der Waals surface area contributed by atoms with Crippen LogP contribution in [0.5, 0.6) is 5.88 Å². The fraction of sp³-hybridized carbons (Fsp3) is 0.524. The van der Waals surface area contributed by atoms with Gasteiger partial charge in [0.25, 0.3) is 0 Å². The van der Waals surface area contributed by atoms with Crippen LogP contribution in [-0.2, 0) is 33.9 Å². The number of nitrogens with zero attached hydrogens (tertiary/aromatic N) is 3. The lowest BCUT2D eigenvalue weighted by atomic mass is 9.94. The average molecular weight is 446 g/mol. The van der Waals surface area contributed by atoms with Crippen molar-refractivity contribution in [3.63, 3.8) is 0 Å². The molecule has 1 aromatic heterocycles. The van der Waals surface area contributed by atoms with E-state index in [1.54, 1.807) is 11.8 Å². The smallest absolute Gasteiger partial charge is 0.354 e. The molecule has 166 valence electrons. The number of anilines is 1. The molecule has 3 atom stereocenters. The number of carbonyl (C=O) groups excluding carboxylic acids is 1. The van der Waals surface area contributed by atoms with E-state index in [0.29, 0.717) is 19.1 Å². The number of benzene rings is 1. The number of hydrogen-bond donors (Lipinski definition) is 2. The summed E-state index contributed by atoms with van der Waals surface area (Å²) in [5.74, 6) is 0.537. The maximum atomic E-state index is 13.1. The molecule has 2 amide bonds. The Bertz CT molecular complexity index is 1180. The highest BCUT2D eigenvalue weighted by atomic mass is 32.2. The van der Waals surface area contributed by atoms with Crippen molar-refractivity contribution in [2.45, 2.75) is 55.9 Å². The largest absolute Gasteiger partial charge is 0.475 e. The molecule has 5 rings (SSSR count). The third-order valence-corrected chi connectivity index (χ3v) is 7.77. The lowest BCUT2D eigenvalue weighted by molar-refractivity contribution is 0.179. The number of aryl methyl sites for hydroxylation is 2. The first kappa shape index (κ1) is 20.5. The van der Waals surface area contributed by atoms with E-state index in [2.05, 4.69) is 20.8 Å². The zero-order valence-corrected chi connectivity index (χ0v) is 18.5. The van der Waals surface area contributed by atoms with Crippen LogP contribution in [0, 0.1) is 0 Å². The van der Waals surface area contributed by atoms with Crippen LogP contribution >= 0.6 is 0 Å². The zero-order valence-electron chi connectivity index (χ0n) is 17.7. The minimum atomic E-state index is -3.51. The quantitative estimate of drug-likeness (QED) is 0.749. The van der Waals surface area contributed by atoms with E-state index in [1.165, 1.54) is 17.3 Å². The van der Waals surface area contributed by atoms with Crippen molar-refractivity contribution in [2.75, 3.05) is 25.6 Å². The molecule has 1 aromatic carbocycles. The second-order valence-electron chi connectivity index (χ2n) is 8.52. The molecule has 31 heavy (non-hydrogen) atoms. The van der Waals surface area contributed by atoms with Crippen LogP contribution in [0.3, 0.4) is 0 Å². The summed E-state index contributed by atoms with van der Waals surface area (Å²) < 4.78 is 29.6. The standard InChI is InChI=1S/C21H27N5O4S/c1-12-10-30-20-17(9-23-26(12)20)31(22,28)25-21(27)24-19-16-5-3-4-13(16)8-14-6-7-15(11-29-2)18(14)19/h8-9,12,15H,3-7,10-11H2,1-2H3,(H3,22,24,25,27,28)/t12-,15+,31+/m0/s1. The van der Waals surface area contributed by atoms with Gasteiger partial charge >= 0.3 is 6.03 Å². The topological polar surface area (TPSA) is 121 Å². The number of fused-ring (bicyclic) bond motifs is 3. The number of hydrogen-bond acceptors (Lipinski definition) is 5. The Morgan fingerprint density at radius 3 is 3.06 bits per heavy atom. The monoisotopic (exact) mass is 445 g/mol. The maximum Gasteiger partial charge on any atom is 0.354 e. The minimum Gasteiger partial charge on any atom is -0.475 e. The van der Waals surface area contributed by atoms with Crippen LogP contribution in [0.15, 0.2) is 21.5 Å². The summed E-state index contributed by atoms with van der Waals surface area (Å²) in [6.07, 6.45) is 6.28. The molecule has 0 saturated carbocycles. The van der Waals surface area contributed by atoms with E-state index in [4.69, 9.17) is 14.6 Å². The Morgan fingerprint density at radius 1 is 1.42 bits per heavy atom. The van der Waals surface area contributed by atoms with Crippen molar-refractivity contribution in [3.05, 3.63) is 34.5 Å². The fourth-order valence-electron chi connectivity index (χ4n) is 5.04. The SMILES string of the molecule is COC[C@H]1CCc2cc3c(c(NC(=O)N=[S@@](N)(=O)c4cnn5c4OC[C@@H]5C)c21)CCC3. The predicted octanol–water partition coefficient (Wildman–Crippen LogP) is 2.93. The van der Waals surface area contributed by atoms with E-state index < -0.39 is 15.9 Å². The third kappa shape index (κ3) is 3.42. The van der Waals surface area contributed by atoms with E-state index in [-0.39, 0.29) is 16.9 Å². The molecule has 2 heterocycles. The summed E-state index contributed by atoms with van der Waals surface area (Å²) in [5.41, 5.74) is 5.61. The van der Waals surface area contributed by atoms with Gasteiger partial charge in [-0.15, -0.1) is 4.36 Å². The van der Waals surface area contributed by atoms with Gasteiger partial charge in [0.2, 0.25) is 5.88 Å². The second kappa shape index (κ2) is 7.61. The lowest BCUT2D eigenvalue weighted by Gasteiger charge is -2.19. The number of methoxy groups -OCH3 is 1. The van der Waals surface area contributed by atoms with Crippen molar-refractivity contribution in [1.82, 2.24) is 9.78 Å². The van der Waals surface area contributed by atoms with Gasteiger partial charge in [-0.25, -0.2) is 18.8 Å². The Balaban J connectivity index is 1.50. The van der Waals surface area contributed by atoms with Gasteiger partial charge in [-0.05, 0) is 61.3 Å². The van der Waals surface area contributed by atoms with E-state index >= 15 is 0 Å². The van der Waals surface area contributed by atoms with Gasteiger partial charge in [0.1, 0.15) is 11.5 Å². The number of nitrogens with two attached hydrogens (primary N) is 1. The summed E-state index contributed by atoms with van der Waals surface area (Å²) in [7, 11) is -1.82. The van der Waals surface area contributed by atoms with Gasteiger partial charge in [0.15, 0.2) is 9.92 Å². The molecule has 0 saturated heterocycles. The van der Waals surface area contributed by atoms with Gasteiger partial charge in [0.05, 0.1) is 18.8 Å². The molecule has 9 nitrogen and oxygen atoms in total. The van der Waals surface area contributed by atoms with Gasteiger partial charge in [-0.3, -0.25) is 0 Å². The number of rotatable bonds is 4. The summed E-state index contributed by atoms with van der Waals surface area (Å²) in [6.45, 7) is 2.95. The van der Waals surface area contributed by atoms with Crippen LogP contribution < -0.4 is 15.2 Å². The first-order chi connectivity index (χ1) is 14.9. The van der Waals surface area contributed by atoms with Crippen molar-refractivity contribution >= 4 is 21.6 Å². The number of aromatic nitrogens is 2. The van der Waals surface area contributed by atoms with Gasteiger partial charge < -0.3 is 14.8 Å². The summed E-state index contributed by atoms with van der Waals surface area (Å²) in [4.78, 5) is 13.1. The molecule has 3 N–H and O–H groups in total. The zero-order chi connectivity index (χ0) is 21.8. The Hall–Kier alpha value is -2.43. The Labute approximate surface area is 181 Å². The molecule has 0 fully saturated rings. The number of urea groups is 1. The second-order valence-corrected chi connectivity index (χ2v) is 10.3. The first-order valence-electron chi connectivity index (χ1n) is 10.6. The summed E-state index contributed by atoms with van der Waals surface area (Å²) >= 11 is 0. The van der Waals surface area contributed by atoms with Crippen molar-refractivity contribution < 1.29 is 18.5 Å². The highest BCUT2D eigenvalue weighted by molar-refractivity contribution is 7.91. The molecule has 0 unspecified atom stereocenters. The molecule has 2 aromatic rings. The molecule has 0 spiro atoms. The van der Waals surface area contributed by atoms with E-state index in [9.17, 15) is 9.00 Å². The Kier molecular flexibility index (Phi) is 5.03. The van der Waals surface area contributed by atoms with Crippen LogP contribution in [0.2, 0.25) is 0 Å². The summed E-state index contributed by atoms with van der Waals surface area (Å²) in [6, 6.07) is 1.57. The minimum absolute atomic E-state index is 0.0139. The molecule has 0 radical (unpaired) electrons. The first-order valence-corrected chi connectivity index (χ1v) is 12.2. The molecule has 0 bridgehead atoms. The fourth-order valence-corrected chi connectivity index (χ4v) is 6.03. The molecular weight excluding hydrogens is 418 g/mol. The van der Waals surface area contributed by atoms with Crippen molar-refractivity contribution in [1.29, 1.82) is 0 Å². The van der Waals surface area contributed by atoms with Crippen LogP contribution in [0.4, 0.5) is 10.5 Å². The number of carbonyl (C=O) groups is 1. The van der Waals surface area contributed by atoms with Gasteiger partial charge in [0, 0.05) is 18.7 Å². The normalized spacial score (nSPS) is 22.9. The predicted molar refractivity (Wildman–Crippen MR) is 116 cm³/mol. The summed E-state index contributed by atoms with van der Waals surface area (Å²) in [5, 5.41) is 13.1. The van der Waals surface area contributed by atoms with Crippen LogP contribution in [0.25, 0.3) is 0 Å². The van der Waals surface area contributed by atoms with Crippen molar-refractivity contribution in [2.24, 2.45) is 9.50 Å². The van der Waals surface area contributed by atoms with E-state index in [1.807, 2.05) is 6.92 Å². The highest BCUT2D eigenvalue weighted by Crippen LogP contribution is 2.44. The lowest BCUT2D eigenvalue weighted by Crippen LogP contribution is -2.19. The molecule has 3 aliphatic rings. The number of ether oxygens (including phenoxy) is 2. The van der Waals surface area contributed by atoms with Gasteiger partial charge in [-0.2, -0.15) is 5.10 Å². The van der Waals surface area contributed by atoms with Crippen LogP contribution in [0.1, 0.15) is 54.0 Å². The average Bonchev–Trinajstić information content (AvgIpc) is 3.47. The molecule has 2 aliphatic carbocycles. The number of amides is 2. The molecule has 10 heteroatoms.